The fraction of sp³-hybridized carbons (Fsp3) is 0.154. The summed E-state index contributed by atoms with van der Waals surface area (Å²) in [5, 5.41) is 3.15. The predicted octanol–water partition coefficient (Wildman–Crippen LogP) is 2.84. The molecule has 1 aromatic heterocycles. The summed E-state index contributed by atoms with van der Waals surface area (Å²) in [6.07, 6.45) is 0. The summed E-state index contributed by atoms with van der Waals surface area (Å²) in [6.45, 7) is 0.572. The molecule has 0 aliphatic carbocycles. The van der Waals surface area contributed by atoms with E-state index in [4.69, 9.17) is 4.74 Å². The lowest BCUT2D eigenvalue weighted by Gasteiger charge is -2.06. The molecule has 2 rings (SSSR count). The summed E-state index contributed by atoms with van der Waals surface area (Å²) in [6, 6.07) is 11.8. The first-order valence-corrected chi connectivity index (χ1v) is 5.27. The number of aromatic nitrogens is 1. The van der Waals surface area contributed by atoms with Crippen LogP contribution in [0.15, 0.2) is 42.5 Å². The zero-order chi connectivity index (χ0) is 12.1. The van der Waals surface area contributed by atoms with Crippen LogP contribution >= 0.6 is 0 Å². The molecule has 0 aliphatic heterocycles. The highest BCUT2D eigenvalue weighted by molar-refractivity contribution is 5.43. The number of hydrogen-bond acceptors (Lipinski definition) is 3. The molecule has 0 amide bonds. The van der Waals surface area contributed by atoms with Crippen LogP contribution in [-0.4, -0.2) is 12.1 Å². The Hall–Kier alpha value is -2.10. The van der Waals surface area contributed by atoms with Crippen molar-refractivity contribution in [2.45, 2.75) is 6.54 Å². The molecule has 88 valence electrons. The number of methoxy groups -OCH3 is 1. The molecule has 3 nitrogen and oxygen atoms in total. The van der Waals surface area contributed by atoms with Gasteiger partial charge in [-0.25, -0.2) is 9.37 Å². The van der Waals surface area contributed by atoms with Gasteiger partial charge in [-0.2, -0.15) is 0 Å². The Labute approximate surface area is 99.3 Å². The van der Waals surface area contributed by atoms with Crippen molar-refractivity contribution in [3.05, 3.63) is 54.0 Å². The Morgan fingerprint density at radius 2 is 1.94 bits per heavy atom. The molecule has 1 heterocycles. The number of halogens is 1. The standard InChI is InChI=1S/C13H13FN2O/c1-17-13-4-2-3-12(16-13)9-15-11-7-5-10(14)6-8-11/h2-8,15H,9H2,1H3. The molecular formula is C13H13FN2O. The predicted molar refractivity (Wildman–Crippen MR) is 64.5 cm³/mol. The number of nitrogens with zero attached hydrogens (tertiary/aromatic N) is 1. The average Bonchev–Trinajstić information content (AvgIpc) is 2.38. The Morgan fingerprint density at radius 1 is 1.18 bits per heavy atom. The molecule has 2 aromatic rings. The summed E-state index contributed by atoms with van der Waals surface area (Å²) in [4.78, 5) is 4.27. The van der Waals surface area contributed by atoms with Crippen LogP contribution in [-0.2, 0) is 6.54 Å². The monoisotopic (exact) mass is 232 g/mol. The fourth-order valence-electron chi connectivity index (χ4n) is 1.43. The maximum atomic E-state index is 12.7. The topological polar surface area (TPSA) is 34.1 Å². The molecule has 0 atom stereocenters. The van der Waals surface area contributed by atoms with Gasteiger partial charge in [0, 0.05) is 11.8 Å². The summed E-state index contributed by atoms with van der Waals surface area (Å²) < 4.78 is 17.7. The second-order valence-electron chi connectivity index (χ2n) is 3.53. The van der Waals surface area contributed by atoms with Gasteiger partial charge in [-0.1, -0.05) is 6.07 Å². The number of rotatable bonds is 4. The van der Waals surface area contributed by atoms with Crippen LogP contribution in [0.4, 0.5) is 10.1 Å². The minimum Gasteiger partial charge on any atom is -0.481 e. The molecule has 4 heteroatoms. The zero-order valence-electron chi connectivity index (χ0n) is 9.48. The first-order valence-electron chi connectivity index (χ1n) is 5.27. The quantitative estimate of drug-likeness (QED) is 0.880. The number of pyridine rings is 1. The molecule has 0 radical (unpaired) electrons. The smallest absolute Gasteiger partial charge is 0.213 e. The van der Waals surface area contributed by atoms with Crippen LogP contribution in [0.3, 0.4) is 0 Å². The molecule has 0 unspecified atom stereocenters. The second-order valence-corrected chi connectivity index (χ2v) is 3.53. The lowest BCUT2D eigenvalue weighted by atomic mass is 10.3. The van der Waals surface area contributed by atoms with Crippen molar-refractivity contribution >= 4 is 5.69 Å². The van der Waals surface area contributed by atoms with E-state index in [1.165, 1.54) is 12.1 Å². The Bertz CT molecular complexity index is 485. The molecule has 17 heavy (non-hydrogen) atoms. The van der Waals surface area contributed by atoms with Gasteiger partial charge in [0.1, 0.15) is 5.82 Å². The van der Waals surface area contributed by atoms with E-state index in [9.17, 15) is 4.39 Å². The van der Waals surface area contributed by atoms with E-state index in [0.29, 0.717) is 12.4 Å². The third kappa shape index (κ3) is 3.17. The summed E-state index contributed by atoms with van der Waals surface area (Å²) >= 11 is 0. The van der Waals surface area contributed by atoms with Gasteiger partial charge in [-0.05, 0) is 30.3 Å². The highest BCUT2D eigenvalue weighted by Gasteiger charge is 1.98. The van der Waals surface area contributed by atoms with Crippen molar-refractivity contribution in [1.82, 2.24) is 4.98 Å². The molecule has 0 spiro atoms. The molecule has 1 N–H and O–H groups in total. The third-order valence-corrected chi connectivity index (χ3v) is 2.31. The van der Waals surface area contributed by atoms with Crippen LogP contribution < -0.4 is 10.1 Å². The molecule has 0 saturated carbocycles. The minimum atomic E-state index is -0.241. The Morgan fingerprint density at radius 3 is 2.65 bits per heavy atom. The largest absolute Gasteiger partial charge is 0.481 e. The van der Waals surface area contributed by atoms with Gasteiger partial charge in [0.15, 0.2) is 0 Å². The van der Waals surface area contributed by atoms with E-state index >= 15 is 0 Å². The molecule has 1 aromatic carbocycles. The lowest BCUT2D eigenvalue weighted by Crippen LogP contribution is -2.02. The van der Waals surface area contributed by atoms with Crippen molar-refractivity contribution in [2.75, 3.05) is 12.4 Å². The van der Waals surface area contributed by atoms with Crippen molar-refractivity contribution in [2.24, 2.45) is 0 Å². The van der Waals surface area contributed by atoms with Gasteiger partial charge >= 0.3 is 0 Å². The van der Waals surface area contributed by atoms with Crippen LogP contribution in [0.5, 0.6) is 5.88 Å². The molecular weight excluding hydrogens is 219 g/mol. The van der Waals surface area contributed by atoms with Gasteiger partial charge in [0.2, 0.25) is 5.88 Å². The minimum absolute atomic E-state index is 0.241. The maximum Gasteiger partial charge on any atom is 0.213 e. The van der Waals surface area contributed by atoms with Crippen LogP contribution in [0.25, 0.3) is 0 Å². The lowest BCUT2D eigenvalue weighted by molar-refractivity contribution is 0.396. The van der Waals surface area contributed by atoms with Gasteiger partial charge < -0.3 is 10.1 Å². The zero-order valence-corrected chi connectivity index (χ0v) is 9.48. The van der Waals surface area contributed by atoms with Gasteiger partial charge in [-0.15, -0.1) is 0 Å². The molecule has 0 fully saturated rings. The molecule has 0 bridgehead atoms. The highest BCUT2D eigenvalue weighted by Crippen LogP contribution is 2.11. The van der Waals surface area contributed by atoms with Crippen molar-refractivity contribution in [1.29, 1.82) is 0 Å². The Kier molecular flexibility index (Phi) is 3.55. The van der Waals surface area contributed by atoms with E-state index in [1.54, 1.807) is 25.3 Å². The summed E-state index contributed by atoms with van der Waals surface area (Å²) in [7, 11) is 1.58. The van der Waals surface area contributed by atoms with E-state index in [2.05, 4.69) is 10.3 Å². The number of ether oxygens (including phenoxy) is 1. The first-order chi connectivity index (χ1) is 8.28. The number of anilines is 1. The Balaban J connectivity index is 1.99. The fourth-order valence-corrected chi connectivity index (χ4v) is 1.43. The van der Waals surface area contributed by atoms with Crippen LogP contribution in [0.1, 0.15) is 5.69 Å². The number of hydrogen-bond donors (Lipinski definition) is 1. The maximum absolute atomic E-state index is 12.7. The summed E-state index contributed by atoms with van der Waals surface area (Å²) in [5.74, 6) is 0.346. The van der Waals surface area contributed by atoms with Crippen LogP contribution in [0.2, 0.25) is 0 Å². The highest BCUT2D eigenvalue weighted by atomic mass is 19.1. The van der Waals surface area contributed by atoms with Gasteiger partial charge in [0.25, 0.3) is 0 Å². The van der Waals surface area contributed by atoms with Crippen molar-refractivity contribution in [3.8, 4) is 5.88 Å². The second kappa shape index (κ2) is 5.30. The SMILES string of the molecule is COc1cccc(CNc2ccc(F)cc2)n1. The van der Waals surface area contributed by atoms with Gasteiger partial charge in [-0.3, -0.25) is 0 Å². The number of benzene rings is 1. The van der Waals surface area contributed by atoms with Crippen LogP contribution in [0, 0.1) is 5.82 Å². The van der Waals surface area contributed by atoms with E-state index in [-0.39, 0.29) is 5.82 Å². The summed E-state index contributed by atoms with van der Waals surface area (Å²) in [5.41, 5.74) is 1.73. The number of nitrogens with one attached hydrogen (secondary N) is 1. The van der Waals surface area contributed by atoms with E-state index in [1.807, 2.05) is 12.1 Å². The average molecular weight is 232 g/mol. The first kappa shape index (κ1) is 11.4. The van der Waals surface area contributed by atoms with Crippen molar-refractivity contribution in [3.63, 3.8) is 0 Å². The third-order valence-electron chi connectivity index (χ3n) is 2.31. The molecule has 0 aliphatic rings. The molecule has 0 saturated heterocycles. The van der Waals surface area contributed by atoms with Gasteiger partial charge in [0.05, 0.1) is 19.3 Å². The normalized spacial score (nSPS) is 10.0. The van der Waals surface area contributed by atoms with Crippen molar-refractivity contribution < 1.29 is 9.13 Å². The van der Waals surface area contributed by atoms with E-state index in [0.717, 1.165) is 11.4 Å². The van der Waals surface area contributed by atoms with E-state index < -0.39 is 0 Å².